The molecule has 1 aliphatic heterocycles. The monoisotopic (exact) mass is 548 g/mol. The summed E-state index contributed by atoms with van der Waals surface area (Å²) in [5, 5.41) is 21.8. The van der Waals surface area contributed by atoms with Crippen LogP contribution in [0.2, 0.25) is 0 Å². The number of nitrogens with zero attached hydrogens (tertiary/aromatic N) is 7. The first-order valence-electron chi connectivity index (χ1n) is 11.8. The average molecular weight is 549 g/mol. The Balaban J connectivity index is 1.52. The maximum Gasteiger partial charge on any atom is 0.291 e. The van der Waals surface area contributed by atoms with Crippen molar-refractivity contribution in [3.63, 3.8) is 0 Å². The van der Waals surface area contributed by atoms with Gasteiger partial charge in [0.25, 0.3) is 6.43 Å². The number of rotatable bonds is 6. The molecular formula is C23H26F2N8O2S2. The Kier molecular flexibility index (Phi) is 6.49. The molecule has 14 heteroatoms. The second kappa shape index (κ2) is 9.38. The van der Waals surface area contributed by atoms with E-state index >= 15 is 0 Å². The van der Waals surface area contributed by atoms with Crippen molar-refractivity contribution in [3.8, 4) is 11.2 Å². The molecule has 1 unspecified atom stereocenters. The molecule has 1 saturated carbocycles. The molecule has 3 heterocycles. The van der Waals surface area contributed by atoms with E-state index < -0.39 is 33.4 Å². The fourth-order valence-electron chi connectivity index (χ4n) is 4.23. The molecule has 1 atom stereocenters. The van der Waals surface area contributed by atoms with Gasteiger partial charge in [0.05, 0.1) is 22.7 Å². The lowest BCUT2D eigenvalue weighted by molar-refractivity contribution is -0.139. The molecule has 0 spiro atoms. The van der Waals surface area contributed by atoms with Gasteiger partial charge >= 0.3 is 0 Å². The third-order valence-corrected chi connectivity index (χ3v) is 8.60. The van der Waals surface area contributed by atoms with Crippen LogP contribution in [0.5, 0.6) is 0 Å². The number of nitriles is 1. The Hall–Kier alpha value is -3.02. The lowest BCUT2D eigenvalue weighted by Crippen LogP contribution is -2.51. The van der Waals surface area contributed by atoms with E-state index in [9.17, 15) is 23.0 Å². The van der Waals surface area contributed by atoms with E-state index in [1.165, 1.54) is 4.68 Å². The quantitative estimate of drug-likeness (QED) is 0.502. The van der Waals surface area contributed by atoms with Crippen LogP contribution >= 0.6 is 11.3 Å². The highest BCUT2D eigenvalue weighted by Crippen LogP contribution is 2.37. The van der Waals surface area contributed by atoms with Gasteiger partial charge in [-0.3, -0.25) is 4.79 Å². The fourth-order valence-corrected chi connectivity index (χ4v) is 6.06. The lowest BCUT2D eigenvalue weighted by atomic mass is 9.94. The summed E-state index contributed by atoms with van der Waals surface area (Å²) in [4.78, 5) is 17.1. The van der Waals surface area contributed by atoms with Crippen LogP contribution in [0, 0.1) is 16.7 Å². The van der Waals surface area contributed by atoms with Crippen molar-refractivity contribution in [1.29, 1.82) is 5.26 Å². The third kappa shape index (κ3) is 4.95. The number of piperazine rings is 1. The van der Waals surface area contributed by atoms with Gasteiger partial charge in [0.1, 0.15) is 16.5 Å². The van der Waals surface area contributed by atoms with E-state index in [0.717, 1.165) is 22.4 Å². The number of carbonyl (C=O) groups is 1. The van der Waals surface area contributed by atoms with E-state index in [0.29, 0.717) is 49.4 Å². The molecule has 1 aliphatic carbocycles. The van der Waals surface area contributed by atoms with Crippen molar-refractivity contribution >= 4 is 44.8 Å². The Labute approximate surface area is 218 Å². The molecule has 5 rings (SSSR count). The minimum Gasteiger partial charge on any atom is -0.367 e. The molecule has 2 aliphatic rings. The SMILES string of the molecule is CC(C)(C)C(=O)N1CCN(c2cc(S(=O)NC3(C#N)CC3)cc3c2cnn3-c2nnc(C(F)F)s2)CC1. The molecule has 1 saturated heterocycles. The highest BCUT2D eigenvalue weighted by Gasteiger charge is 2.45. The third-order valence-electron chi connectivity index (χ3n) is 6.45. The smallest absolute Gasteiger partial charge is 0.291 e. The summed E-state index contributed by atoms with van der Waals surface area (Å²) in [7, 11) is -1.70. The van der Waals surface area contributed by atoms with Crippen LogP contribution in [0.15, 0.2) is 23.2 Å². The van der Waals surface area contributed by atoms with Gasteiger partial charge in [0.2, 0.25) is 11.0 Å². The van der Waals surface area contributed by atoms with Crippen LogP contribution in [0.1, 0.15) is 45.0 Å². The largest absolute Gasteiger partial charge is 0.367 e. The summed E-state index contributed by atoms with van der Waals surface area (Å²) in [6.07, 6.45) is 0.114. The molecule has 1 aromatic carbocycles. The van der Waals surface area contributed by atoms with Gasteiger partial charge in [-0.1, -0.05) is 32.1 Å². The first-order valence-corrected chi connectivity index (χ1v) is 13.8. The zero-order valence-corrected chi connectivity index (χ0v) is 22.2. The van der Waals surface area contributed by atoms with E-state index in [2.05, 4.69) is 31.0 Å². The zero-order chi connectivity index (χ0) is 26.5. The van der Waals surface area contributed by atoms with Gasteiger partial charge in [-0.25, -0.2) is 22.4 Å². The zero-order valence-electron chi connectivity index (χ0n) is 20.6. The molecule has 1 N–H and O–H groups in total. The van der Waals surface area contributed by atoms with Gasteiger partial charge in [-0.2, -0.15) is 10.4 Å². The number of aromatic nitrogens is 4. The number of carbonyl (C=O) groups excluding carboxylic acids is 1. The summed E-state index contributed by atoms with van der Waals surface area (Å²) in [6, 6.07) is 5.66. The Morgan fingerprint density at radius 1 is 1.22 bits per heavy atom. The van der Waals surface area contributed by atoms with Gasteiger partial charge in [-0.15, -0.1) is 10.2 Å². The van der Waals surface area contributed by atoms with Crippen molar-refractivity contribution in [1.82, 2.24) is 29.6 Å². The Morgan fingerprint density at radius 3 is 2.49 bits per heavy atom. The molecular weight excluding hydrogens is 522 g/mol. The van der Waals surface area contributed by atoms with Crippen molar-refractivity contribution in [2.45, 2.75) is 50.5 Å². The molecule has 10 nitrogen and oxygen atoms in total. The minimum atomic E-state index is -2.75. The van der Waals surface area contributed by atoms with Crippen LogP contribution in [0.25, 0.3) is 16.0 Å². The molecule has 0 radical (unpaired) electrons. The predicted octanol–water partition coefficient (Wildman–Crippen LogP) is 3.18. The molecule has 3 aromatic rings. The van der Waals surface area contributed by atoms with Crippen LogP contribution in [-0.4, -0.2) is 66.7 Å². The molecule has 2 aromatic heterocycles. The number of benzene rings is 1. The topological polar surface area (TPSA) is 120 Å². The maximum absolute atomic E-state index is 13.3. The molecule has 1 amide bonds. The van der Waals surface area contributed by atoms with Crippen molar-refractivity contribution in [3.05, 3.63) is 23.3 Å². The van der Waals surface area contributed by atoms with Crippen molar-refractivity contribution in [2.75, 3.05) is 31.1 Å². The van der Waals surface area contributed by atoms with E-state index in [-0.39, 0.29) is 11.0 Å². The number of hydrogen-bond donors (Lipinski definition) is 1. The van der Waals surface area contributed by atoms with Gasteiger partial charge in [0.15, 0.2) is 5.01 Å². The highest BCUT2D eigenvalue weighted by atomic mass is 32.2. The van der Waals surface area contributed by atoms with Crippen molar-refractivity contribution in [2.24, 2.45) is 5.41 Å². The van der Waals surface area contributed by atoms with Crippen molar-refractivity contribution < 1.29 is 17.8 Å². The fraction of sp³-hybridized carbons (Fsp3) is 0.522. The summed E-state index contributed by atoms with van der Waals surface area (Å²) in [6.45, 7) is 7.86. The van der Waals surface area contributed by atoms with Crippen LogP contribution in [-0.2, 0) is 15.8 Å². The normalized spacial score (nSPS) is 18.3. The first kappa shape index (κ1) is 25.6. The first-order chi connectivity index (χ1) is 17.5. The number of hydrogen-bond acceptors (Lipinski definition) is 8. The van der Waals surface area contributed by atoms with Crippen LogP contribution < -0.4 is 9.62 Å². The number of alkyl halides is 2. The minimum absolute atomic E-state index is 0.0847. The number of fused-ring (bicyclic) bond motifs is 1. The van der Waals surface area contributed by atoms with Crippen LogP contribution in [0.4, 0.5) is 14.5 Å². The lowest BCUT2D eigenvalue weighted by Gasteiger charge is -2.39. The average Bonchev–Trinajstić information content (AvgIpc) is 3.26. The van der Waals surface area contributed by atoms with Gasteiger partial charge < -0.3 is 9.80 Å². The van der Waals surface area contributed by atoms with Gasteiger partial charge in [0, 0.05) is 42.7 Å². The van der Waals surface area contributed by atoms with E-state index in [1.54, 1.807) is 18.3 Å². The summed E-state index contributed by atoms with van der Waals surface area (Å²) in [5.74, 6) is 0.0847. The standard InChI is InChI=1S/C23H26F2N8O2S2/c1-22(2,3)20(34)32-8-6-31(7-9-32)16-10-14(37(35)30-23(13-26)4-5-23)11-17-15(16)12-27-33(17)21-29-28-19(36-21)18(24)25/h10-12,18,30H,4-9H2,1-3H3. The molecule has 196 valence electrons. The summed E-state index contributed by atoms with van der Waals surface area (Å²) < 4.78 is 43.9. The second-order valence-electron chi connectivity index (χ2n) is 10.2. The van der Waals surface area contributed by atoms with E-state index in [1.807, 2.05) is 25.7 Å². The van der Waals surface area contributed by atoms with Crippen LogP contribution in [0.3, 0.4) is 0 Å². The van der Waals surface area contributed by atoms with Gasteiger partial charge in [-0.05, 0) is 25.0 Å². The summed E-state index contributed by atoms with van der Waals surface area (Å²) in [5.41, 5.74) is 0.0221. The molecule has 2 fully saturated rings. The number of halogens is 2. The number of nitrogens with one attached hydrogen (secondary N) is 1. The highest BCUT2D eigenvalue weighted by molar-refractivity contribution is 7.83. The number of anilines is 1. The maximum atomic E-state index is 13.3. The predicted molar refractivity (Wildman–Crippen MR) is 135 cm³/mol. The summed E-state index contributed by atoms with van der Waals surface area (Å²) >= 11 is 0.735. The Bertz CT molecular complexity index is 1410. The molecule has 0 bridgehead atoms. The second-order valence-corrected chi connectivity index (χ2v) is 12.4. The Morgan fingerprint density at radius 2 is 1.92 bits per heavy atom. The number of amides is 1. The van der Waals surface area contributed by atoms with E-state index in [4.69, 9.17) is 0 Å². The molecule has 37 heavy (non-hydrogen) atoms.